The van der Waals surface area contributed by atoms with E-state index in [1.807, 2.05) is 41.5 Å². The highest BCUT2D eigenvalue weighted by molar-refractivity contribution is 5.85. The molecule has 4 amide bonds. The predicted octanol–water partition coefficient (Wildman–Crippen LogP) is 1.25. The Morgan fingerprint density at radius 1 is 0.917 bits per heavy atom. The van der Waals surface area contributed by atoms with Crippen LogP contribution in [0.15, 0.2) is 0 Å². The number of carbonyl (C=O) groups is 4. The van der Waals surface area contributed by atoms with Crippen molar-refractivity contribution < 1.29 is 43.6 Å². The summed E-state index contributed by atoms with van der Waals surface area (Å²) in [6, 6.07) is -1.09. The summed E-state index contributed by atoms with van der Waals surface area (Å²) in [5.74, 6) is -0.830. The van der Waals surface area contributed by atoms with E-state index in [1.54, 1.807) is 7.11 Å². The molecule has 8 N–H and O–H groups in total. The van der Waals surface area contributed by atoms with Crippen molar-refractivity contribution in [2.75, 3.05) is 33.4 Å². The van der Waals surface area contributed by atoms with E-state index >= 15 is 0 Å². The second-order valence-corrected chi connectivity index (χ2v) is 14.2. The van der Waals surface area contributed by atoms with Crippen molar-refractivity contribution in [3.63, 3.8) is 0 Å². The maximum atomic E-state index is 13.1. The highest BCUT2D eigenvalue weighted by atomic mass is 16.7. The van der Waals surface area contributed by atoms with E-state index in [0.717, 1.165) is 32.1 Å². The minimum Gasteiger partial charge on any atom is -0.388 e. The molecule has 0 saturated carbocycles. The number of nitrogens with two attached hydrogens (primary N) is 1. The van der Waals surface area contributed by atoms with E-state index in [9.17, 15) is 29.4 Å². The number of methoxy groups -OCH3 is 1. The Morgan fingerprint density at radius 3 is 2.17 bits per heavy atom. The first-order valence-electron chi connectivity index (χ1n) is 17.5. The summed E-state index contributed by atoms with van der Waals surface area (Å²) in [6.07, 6.45) is 1.09. The van der Waals surface area contributed by atoms with Crippen LogP contribution in [0.25, 0.3) is 0 Å². The van der Waals surface area contributed by atoms with Gasteiger partial charge in [0.25, 0.3) is 0 Å². The first kappa shape index (κ1) is 43.7. The van der Waals surface area contributed by atoms with E-state index in [0.29, 0.717) is 38.8 Å². The van der Waals surface area contributed by atoms with Crippen molar-refractivity contribution in [2.45, 2.75) is 149 Å². The second kappa shape index (κ2) is 21.7. The first-order valence-corrected chi connectivity index (χ1v) is 17.5. The number of rotatable bonds is 23. The fourth-order valence-corrected chi connectivity index (χ4v) is 5.93. The maximum Gasteiger partial charge on any atom is 0.225 e. The zero-order valence-electron chi connectivity index (χ0n) is 30.6. The molecule has 1 aliphatic heterocycles. The van der Waals surface area contributed by atoms with Crippen molar-refractivity contribution in [2.24, 2.45) is 16.6 Å². The molecule has 14 nitrogen and oxygen atoms in total. The van der Waals surface area contributed by atoms with Gasteiger partial charge in [-0.15, -0.1) is 0 Å². The fourth-order valence-electron chi connectivity index (χ4n) is 5.93. The van der Waals surface area contributed by atoms with E-state index in [1.165, 1.54) is 6.92 Å². The zero-order valence-corrected chi connectivity index (χ0v) is 30.6. The summed E-state index contributed by atoms with van der Waals surface area (Å²) in [5, 5.41) is 32.7. The molecule has 48 heavy (non-hydrogen) atoms. The molecule has 7 unspecified atom stereocenters. The van der Waals surface area contributed by atoms with Crippen LogP contribution in [-0.4, -0.2) is 110 Å². The first-order chi connectivity index (χ1) is 22.5. The molecule has 1 aliphatic rings. The van der Waals surface area contributed by atoms with Gasteiger partial charge < -0.3 is 51.4 Å². The summed E-state index contributed by atoms with van der Waals surface area (Å²) in [4.78, 5) is 50.0. The number of carbonyl (C=O) groups excluding carboxylic acids is 4. The molecular weight excluding hydrogens is 622 g/mol. The van der Waals surface area contributed by atoms with Gasteiger partial charge in [-0.25, -0.2) is 0 Å². The molecule has 0 aromatic rings. The Bertz CT molecular complexity index is 996. The van der Waals surface area contributed by atoms with Crippen LogP contribution in [0.4, 0.5) is 0 Å². The number of aliphatic hydroxyl groups is 2. The molecule has 0 bridgehead atoms. The van der Waals surface area contributed by atoms with Gasteiger partial charge in [-0.1, -0.05) is 47.5 Å². The molecule has 0 aromatic carbocycles. The van der Waals surface area contributed by atoms with Gasteiger partial charge in [-0.2, -0.15) is 0 Å². The quantitative estimate of drug-likeness (QED) is 0.0765. The number of ether oxygens (including phenoxy) is 3. The van der Waals surface area contributed by atoms with E-state index < -0.39 is 47.4 Å². The van der Waals surface area contributed by atoms with Crippen LogP contribution >= 0.6 is 0 Å². The minimum absolute atomic E-state index is 0.0213. The molecule has 0 radical (unpaired) electrons. The number of hydrogen-bond acceptors (Lipinski definition) is 10. The molecule has 0 spiro atoms. The van der Waals surface area contributed by atoms with Gasteiger partial charge in [0.2, 0.25) is 23.6 Å². The molecule has 280 valence electrons. The Balaban J connectivity index is 2.51. The fraction of sp³-hybridized carbons (Fsp3) is 0.882. The summed E-state index contributed by atoms with van der Waals surface area (Å²) in [7, 11) is 1.62. The molecule has 14 heteroatoms. The van der Waals surface area contributed by atoms with Gasteiger partial charge >= 0.3 is 0 Å². The van der Waals surface area contributed by atoms with Crippen molar-refractivity contribution in [3.05, 3.63) is 0 Å². The van der Waals surface area contributed by atoms with Gasteiger partial charge in [0, 0.05) is 51.0 Å². The molecular formula is C34H65N5O9. The third-order valence-electron chi connectivity index (χ3n) is 8.88. The van der Waals surface area contributed by atoms with E-state index in [4.69, 9.17) is 19.9 Å². The van der Waals surface area contributed by atoms with Crippen molar-refractivity contribution in [3.8, 4) is 0 Å². The smallest absolute Gasteiger partial charge is 0.225 e. The Labute approximate surface area is 287 Å². The average Bonchev–Trinajstić information content (AvgIpc) is 3.02. The topological polar surface area (TPSA) is 211 Å². The van der Waals surface area contributed by atoms with Gasteiger partial charge in [0.1, 0.15) is 24.4 Å². The molecule has 1 fully saturated rings. The average molecular weight is 688 g/mol. The third kappa shape index (κ3) is 15.0. The van der Waals surface area contributed by atoms with Crippen molar-refractivity contribution >= 4 is 23.6 Å². The van der Waals surface area contributed by atoms with E-state index in [2.05, 4.69) is 21.3 Å². The van der Waals surface area contributed by atoms with Gasteiger partial charge in [-0.3, -0.25) is 19.2 Å². The molecule has 0 aromatic heterocycles. The second-order valence-electron chi connectivity index (χ2n) is 14.2. The van der Waals surface area contributed by atoms with Crippen molar-refractivity contribution in [1.29, 1.82) is 0 Å². The lowest BCUT2D eigenvalue weighted by Crippen LogP contribution is -2.65. The Morgan fingerprint density at radius 2 is 1.56 bits per heavy atom. The van der Waals surface area contributed by atoms with Crippen molar-refractivity contribution in [1.82, 2.24) is 21.3 Å². The van der Waals surface area contributed by atoms with Crippen LogP contribution in [0.3, 0.4) is 0 Å². The van der Waals surface area contributed by atoms with Gasteiger partial charge in [0.05, 0.1) is 12.1 Å². The molecule has 1 heterocycles. The maximum absolute atomic E-state index is 13.1. The zero-order chi connectivity index (χ0) is 36.5. The number of nitrogens with one attached hydrogen (secondary N) is 4. The lowest BCUT2D eigenvalue weighted by molar-refractivity contribution is -0.263. The monoisotopic (exact) mass is 687 g/mol. The van der Waals surface area contributed by atoms with Gasteiger partial charge in [0.15, 0.2) is 6.29 Å². The molecule has 7 atom stereocenters. The highest BCUT2D eigenvalue weighted by Gasteiger charge is 2.45. The summed E-state index contributed by atoms with van der Waals surface area (Å²) in [5.41, 5.74) is 3.96. The number of hydrogen-bond donors (Lipinski definition) is 7. The van der Waals surface area contributed by atoms with Crippen LogP contribution in [0, 0.1) is 10.8 Å². The van der Waals surface area contributed by atoms with Gasteiger partial charge in [-0.05, 0) is 52.0 Å². The minimum atomic E-state index is -1.35. The SMILES string of the molecule is CCC(NC(=O)C(C)(C)CC(C)(C)C(=O)NCCCCCCOC1OC(CNC(=O)CCCCN)C(O)C(O)C1NC(C)=O)C(C)OC. The Hall–Kier alpha value is -2.36. The standard InChI is InChI=1S/C34H65N5O9/c1-9-24(22(2)46-8)39-32(45)34(6,7)21-33(4,5)31(44)36-18-14-10-11-15-19-47-30-27(38-23(3)40)29(43)28(42)25(48-30)20-37-26(41)16-12-13-17-35/h22,24-25,27-30,42-43H,9-21,35H2,1-8H3,(H,36,44)(H,37,41)(H,38,40)(H,39,45). The number of amides is 4. The number of unbranched alkanes of at least 4 members (excludes halogenated alkanes) is 4. The molecule has 1 rings (SSSR count). The predicted molar refractivity (Wildman–Crippen MR) is 182 cm³/mol. The lowest BCUT2D eigenvalue weighted by atomic mass is 9.73. The number of aliphatic hydroxyl groups excluding tert-OH is 2. The molecule has 0 aliphatic carbocycles. The van der Waals surface area contributed by atoms with Crippen LogP contribution < -0.4 is 27.0 Å². The third-order valence-corrected chi connectivity index (χ3v) is 8.88. The van der Waals surface area contributed by atoms with Crippen LogP contribution in [0.5, 0.6) is 0 Å². The normalized spacial score (nSPS) is 22.8. The van der Waals surface area contributed by atoms with Crippen LogP contribution in [-0.2, 0) is 33.4 Å². The largest absolute Gasteiger partial charge is 0.388 e. The summed E-state index contributed by atoms with van der Waals surface area (Å²) in [6.45, 7) is 13.9. The lowest BCUT2D eigenvalue weighted by Gasteiger charge is -2.42. The summed E-state index contributed by atoms with van der Waals surface area (Å²) < 4.78 is 17.2. The highest BCUT2D eigenvalue weighted by Crippen LogP contribution is 2.34. The van der Waals surface area contributed by atoms with E-state index in [-0.39, 0.29) is 43.0 Å². The molecule has 1 saturated heterocycles. The summed E-state index contributed by atoms with van der Waals surface area (Å²) >= 11 is 0. The van der Waals surface area contributed by atoms with Crippen LogP contribution in [0.1, 0.15) is 106 Å². The van der Waals surface area contributed by atoms with Crippen LogP contribution in [0.2, 0.25) is 0 Å². The Kier molecular flexibility index (Phi) is 19.7.